The second-order valence-corrected chi connectivity index (χ2v) is 6.81. The monoisotopic (exact) mass is 348 g/mol. The normalized spacial score (nSPS) is 13.9. The number of aryl methyl sites for hydroxylation is 2. The van der Waals surface area contributed by atoms with Crippen molar-refractivity contribution in [3.63, 3.8) is 0 Å². The lowest BCUT2D eigenvalue weighted by Gasteiger charge is -2.10. The van der Waals surface area contributed by atoms with Gasteiger partial charge in [0.15, 0.2) is 16.5 Å². The molecule has 0 amide bonds. The van der Waals surface area contributed by atoms with Crippen LogP contribution < -0.4 is 10.3 Å². The van der Waals surface area contributed by atoms with Crippen molar-refractivity contribution in [2.24, 2.45) is 0 Å². The highest BCUT2D eigenvalue weighted by atomic mass is 32.1. The maximum Gasteiger partial charge on any atom is 0.259 e. The van der Waals surface area contributed by atoms with Crippen molar-refractivity contribution in [3.05, 3.63) is 62.5 Å². The molecule has 0 bridgehead atoms. The number of nitrogens with zero attached hydrogens (tertiary/aromatic N) is 2. The third-order valence-corrected chi connectivity index (χ3v) is 5.23. The van der Waals surface area contributed by atoms with E-state index in [1.54, 1.807) is 4.40 Å². The van der Waals surface area contributed by atoms with Gasteiger partial charge < -0.3 is 4.74 Å². The lowest BCUT2D eigenvalue weighted by molar-refractivity contribution is 0.285. The first-order chi connectivity index (χ1) is 11.6. The first-order valence-electron chi connectivity index (χ1n) is 7.73. The zero-order valence-electron chi connectivity index (χ0n) is 12.7. The second-order valence-electron chi connectivity index (χ2n) is 5.75. The largest absolute Gasteiger partial charge is 0.484 e. The van der Waals surface area contributed by atoms with Crippen molar-refractivity contribution in [1.29, 1.82) is 0 Å². The smallest absolute Gasteiger partial charge is 0.259 e. The Labute approximate surface area is 140 Å². The number of hydrogen-bond acceptors (Lipinski definition) is 4. The van der Waals surface area contributed by atoms with Crippen LogP contribution in [-0.2, 0) is 19.4 Å². The minimum absolute atomic E-state index is 0.0448. The van der Waals surface area contributed by atoms with Gasteiger partial charge >= 0.3 is 0 Å². The maximum absolute atomic E-state index is 13.6. The van der Waals surface area contributed by atoms with Crippen LogP contribution >= 0.6 is 11.3 Å². The first-order valence-corrected chi connectivity index (χ1v) is 8.54. The van der Waals surface area contributed by atoms with E-state index in [9.17, 15) is 13.6 Å². The molecule has 0 unspecified atom stereocenters. The molecule has 0 radical (unpaired) electrons. The predicted molar refractivity (Wildman–Crippen MR) is 86.7 cm³/mol. The number of benzene rings is 1. The van der Waals surface area contributed by atoms with Gasteiger partial charge in [0.1, 0.15) is 12.4 Å². The number of ether oxygens (including phenoxy) is 1. The summed E-state index contributed by atoms with van der Waals surface area (Å²) in [6.45, 7) is -0.0448. The van der Waals surface area contributed by atoms with Crippen LogP contribution in [0.25, 0.3) is 4.96 Å². The fourth-order valence-electron chi connectivity index (χ4n) is 2.96. The Kier molecular flexibility index (Phi) is 3.80. The van der Waals surface area contributed by atoms with Crippen molar-refractivity contribution >= 4 is 16.3 Å². The second kappa shape index (κ2) is 5.98. The lowest BCUT2D eigenvalue weighted by atomic mass is 10.0. The van der Waals surface area contributed by atoms with E-state index in [0.29, 0.717) is 10.7 Å². The van der Waals surface area contributed by atoms with E-state index < -0.39 is 11.6 Å². The molecule has 0 saturated carbocycles. The molecule has 0 N–H and O–H groups in total. The van der Waals surface area contributed by atoms with Crippen molar-refractivity contribution < 1.29 is 13.5 Å². The van der Waals surface area contributed by atoms with Gasteiger partial charge in [-0.05, 0) is 37.8 Å². The van der Waals surface area contributed by atoms with Gasteiger partial charge in [-0.3, -0.25) is 9.20 Å². The summed E-state index contributed by atoms with van der Waals surface area (Å²) in [5.41, 5.74) is 1.36. The summed E-state index contributed by atoms with van der Waals surface area (Å²) in [6.07, 6.45) is 4.09. The summed E-state index contributed by atoms with van der Waals surface area (Å²) >= 11 is 1.53. The molecular formula is C17H14F2N2O2S. The molecule has 0 saturated heterocycles. The fraction of sp³-hybridized carbons (Fsp3) is 0.294. The molecule has 124 valence electrons. The molecule has 1 aromatic carbocycles. The van der Waals surface area contributed by atoms with Gasteiger partial charge in [0.25, 0.3) is 5.56 Å². The van der Waals surface area contributed by atoms with Gasteiger partial charge in [-0.15, -0.1) is 11.3 Å². The van der Waals surface area contributed by atoms with E-state index in [1.165, 1.54) is 28.3 Å². The minimum Gasteiger partial charge on any atom is -0.484 e. The van der Waals surface area contributed by atoms with E-state index in [-0.39, 0.29) is 17.9 Å². The predicted octanol–water partition coefficient (Wildman–Crippen LogP) is 3.49. The summed E-state index contributed by atoms with van der Waals surface area (Å²) in [4.78, 5) is 18.7. The maximum atomic E-state index is 13.6. The molecule has 7 heteroatoms. The average molecular weight is 348 g/mol. The SMILES string of the molecule is O=c1cc(COc2ccc(F)cc2F)nc2sc3c(n12)CCCC3. The highest BCUT2D eigenvalue weighted by molar-refractivity contribution is 7.17. The Balaban J connectivity index is 1.64. The van der Waals surface area contributed by atoms with E-state index in [4.69, 9.17) is 4.74 Å². The molecule has 4 rings (SSSR count). The summed E-state index contributed by atoms with van der Waals surface area (Å²) in [6, 6.07) is 4.52. The van der Waals surface area contributed by atoms with Crippen LogP contribution in [-0.4, -0.2) is 9.38 Å². The van der Waals surface area contributed by atoms with Crippen molar-refractivity contribution in [2.45, 2.75) is 32.3 Å². The summed E-state index contributed by atoms with van der Waals surface area (Å²) in [5, 5.41) is 0. The summed E-state index contributed by atoms with van der Waals surface area (Å²) in [7, 11) is 0. The Hall–Kier alpha value is -2.28. The number of halogens is 2. The number of rotatable bonds is 3. The summed E-state index contributed by atoms with van der Waals surface area (Å²) in [5.74, 6) is -1.51. The van der Waals surface area contributed by atoms with Gasteiger partial charge in [-0.2, -0.15) is 0 Å². The van der Waals surface area contributed by atoms with E-state index in [1.807, 2.05) is 0 Å². The molecule has 3 aromatic rings. The van der Waals surface area contributed by atoms with Gasteiger partial charge in [-0.1, -0.05) is 0 Å². The molecule has 0 fully saturated rings. The first kappa shape index (κ1) is 15.3. The van der Waals surface area contributed by atoms with Crippen LogP contribution in [0.2, 0.25) is 0 Å². The van der Waals surface area contributed by atoms with Crippen LogP contribution in [0.4, 0.5) is 8.78 Å². The van der Waals surface area contributed by atoms with Gasteiger partial charge in [-0.25, -0.2) is 13.8 Å². The molecule has 1 aliphatic rings. The quantitative estimate of drug-likeness (QED) is 0.728. The Bertz CT molecular complexity index is 981. The lowest BCUT2D eigenvalue weighted by Crippen LogP contribution is -2.18. The molecule has 0 aliphatic heterocycles. The number of hydrogen-bond donors (Lipinski definition) is 0. The molecule has 4 nitrogen and oxygen atoms in total. The number of fused-ring (bicyclic) bond motifs is 3. The number of aromatic nitrogens is 2. The fourth-order valence-corrected chi connectivity index (χ4v) is 4.19. The van der Waals surface area contributed by atoms with Crippen LogP contribution in [0.5, 0.6) is 5.75 Å². The molecule has 1 aliphatic carbocycles. The van der Waals surface area contributed by atoms with Crippen LogP contribution in [0, 0.1) is 11.6 Å². The third kappa shape index (κ3) is 2.69. The van der Waals surface area contributed by atoms with Gasteiger partial charge in [0.2, 0.25) is 0 Å². The van der Waals surface area contributed by atoms with Crippen LogP contribution in [0.3, 0.4) is 0 Å². The van der Waals surface area contributed by atoms with Crippen molar-refractivity contribution in [3.8, 4) is 5.75 Å². The Morgan fingerprint density at radius 2 is 2.04 bits per heavy atom. The zero-order chi connectivity index (χ0) is 16.7. The van der Waals surface area contributed by atoms with E-state index in [0.717, 1.165) is 43.5 Å². The molecule has 2 aromatic heterocycles. The van der Waals surface area contributed by atoms with Crippen molar-refractivity contribution in [1.82, 2.24) is 9.38 Å². The summed E-state index contributed by atoms with van der Waals surface area (Å²) < 4.78 is 33.5. The molecule has 0 spiro atoms. The molecule has 24 heavy (non-hydrogen) atoms. The highest BCUT2D eigenvalue weighted by Crippen LogP contribution is 2.28. The Morgan fingerprint density at radius 3 is 2.88 bits per heavy atom. The van der Waals surface area contributed by atoms with Crippen molar-refractivity contribution in [2.75, 3.05) is 0 Å². The Morgan fingerprint density at radius 1 is 1.21 bits per heavy atom. The zero-order valence-corrected chi connectivity index (χ0v) is 13.5. The van der Waals surface area contributed by atoms with Gasteiger partial charge in [0, 0.05) is 22.7 Å². The van der Waals surface area contributed by atoms with E-state index >= 15 is 0 Å². The topological polar surface area (TPSA) is 43.6 Å². The van der Waals surface area contributed by atoms with E-state index in [2.05, 4.69) is 4.98 Å². The molecular weight excluding hydrogens is 334 g/mol. The number of thiazole rings is 1. The van der Waals surface area contributed by atoms with Gasteiger partial charge in [0.05, 0.1) is 5.69 Å². The average Bonchev–Trinajstić information content (AvgIpc) is 2.92. The highest BCUT2D eigenvalue weighted by Gasteiger charge is 2.18. The molecule has 2 heterocycles. The van der Waals surface area contributed by atoms with Crippen LogP contribution in [0.1, 0.15) is 29.1 Å². The standard InChI is InChI=1S/C17H14F2N2O2S/c18-10-5-6-14(12(19)7-10)23-9-11-8-16(22)21-13-3-1-2-4-15(13)24-17(21)20-11/h5-8H,1-4,9H2. The molecule has 0 atom stereocenters. The van der Waals surface area contributed by atoms with Crippen LogP contribution in [0.15, 0.2) is 29.1 Å². The minimum atomic E-state index is -0.778. The third-order valence-electron chi connectivity index (χ3n) is 4.08.